The van der Waals surface area contributed by atoms with Gasteiger partial charge in [0.1, 0.15) is 6.61 Å². The van der Waals surface area contributed by atoms with Crippen molar-refractivity contribution in [1.29, 1.82) is 0 Å². The number of carbonyl (C=O) groups excluding carboxylic acids is 1. The first-order valence-electron chi connectivity index (χ1n) is 5.93. The molecular formula is C13H11F3N2O3. The van der Waals surface area contributed by atoms with Gasteiger partial charge in [-0.25, -0.2) is 9.48 Å². The molecule has 112 valence electrons. The Hall–Kier alpha value is -2.35. The number of nitrogens with zero attached hydrogens (tertiary/aromatic N) is 2. The minimum atomic E-state index is -4.50. The lowest BCUT2D eigenvalue weighted by Crippen LogP contribution is -2.09. The normalized spacial score (nSPS) is 11.4. The van der Waals surface area contributed by atoms with Crippen LogP contribution in [-0.4, -0.2) is 34.1 Å². The molecule has 0 amide bonds. The Morgan fingerprint density at radius 1 is 1.24 bits per heavy atom. The zero-order valence-electron chi connectivity index (χ0n) is 10.7. The van der Waals surface area contributed by atoms with E-state index in [9.17, 15) is 18.0 Å². The summed E-state index contributed by atoms with van der Waals surface area (Å²) in [6, 6.07) is 6.57. The summed E-state index contributed by atoms with van der Waals surface area (Å²) in [4.78, 5) is 11.5. The van der Waals surface area contributed by atoms with Crippen LogP contribution in [0, 0.1) is 0 Å². The van der Waals surface area contributed by atoms with Gasteiger partial charge in [0.15, 0.2) is 5.69 Å². The van der Waals surface area contributed by atoms with Gasteiger partial charge in [-0.05, 0) is 30.3 Å². The van der Waals surface area contributed by atoms with Crippen LogP contribution in [0.5, 0.6) is 0 Å². The molecule has 0 aliphatic heterocycles. The number of aromatic nitrogens is 2. The van der Waals surface area contributed by atoms with Gasteiger partial charge in [-0.1, -0.05) is 0 Å². The van der Waals surface area contributed by atoms with Crippen LogP contribution in [0.1, 0.15) is 16.1 Å². The zero-order chi connectivity index (χ0) is 15.5. The summed E-state index contributed by atoms with van der Waals surface area (Å²) >= 11 is 0. The van der Waals surface area contributed by atoms with Gasteiger partial charge < -0.3 is 9.84 Å². The Labute approximate surface area is 117 Å². The minimum absolute atomic E-state index is 0.116. The molecule has 0 aliphatic rings. The summed E-state index contributed by atoms with van der Waals surface area (Å²) in [6.45, 7) is -0.397. The smallest absolute Gasteiger partial charge is 0.435 e. The average Bonchev–Trinajstić information content (AvgIpc) is 2.95. The topological polar surface area (TPSA) is 64.3 Å². The molecule has 0 saturated heterocycles. The Morgan fingerprint density at radius 3 is 2.43 bits per heavy atom. The van der Waals surface area contributed by atoms with Crippen molar-refractivity contribution >= 4 is 5.97 Å². The predicted octanol–water partition coefficient (Wildman–Crippen LogP) is 2.04. The molecule has 0 saturated carbocycles. The maximum absolute atomic E-state index is 12.4. The standard InChI is InChI=1S/C13H11F3N2O3/c14-13(15,16)11-5-6-18(17-11)10-3-1-9(2-4-10)12(20)21-8-7-19/h1-6,19H,7-8H2. The number of hydrogen-bond acceptors (Lipinski definition) is 4. The second-order valence-corrected chi connectivity index (χ2v) is 4.05. The fourth-order valence-corrected chi connectivity index (χ4v) is 1.59. The van der Waals surface area contributed by atoms with Gasteiger partial charge in [0.2, 0.25) is 0 Å². The molecule has 1 aromatic carbocycles. The molecule has 0 spiro atoms. The molecule has 2 aromatic rings. The Balaban J connectivity index is 2.15. The summed E-state index contributed by atoms with van der Waals surface area (Å²) in [5.74, 6) is -0.618. The largest absolute Gasteiger partial charge is 0.460 e. The number of carbonyl (C=O) groups is 1. The summed E-state index contributed by atoms with van der Waals surface area (Å²) in [7, 11) is 0. The van der Waals surface area contributed by atoms with E-state index in [1.807, 2.05) is 0 Å². The summed E-state index contributed by atoms with van der Waals surface area (Å²) in [5, 5.41) is 12.0. The number of aliphatic hydroxyl groups is 1. The van der Waals surface area contributed by atoms with Crippen LogP contribution in [0.3, 0.4) is 0 Å². The molecule has 1 aromatic heterocycles. The Kier molecular flexibility index (Phi) is 4.27. The fraction of sp³-hybridized carbons (Fsp3) is 0.231. The number of rotatable bonds is 4. The van der Waals surface area contributed by atoms with Gasteiger partial charge in [-0.15, -0.1) is 0 Å². The SMILES string of the molecule is O=C(OCCO)c1ccc(-n2ccc(C(F)(F)F)n2)cc1. The molecule has 0 unspecified atom stereocenters. The van der Waals surface area contributed by atoms with Crippen LogP contribution >= 0.6 is 0 Å². The van der Waals surface area contributed by atoms with E-state index in [0.717, 1.165) is 10.7 Å². The highest BCUT2D eigenvalue weighted by atomic mass is 19.4. The lowest BCUT2D eigenvalue weighted by Gasteiger charge is -2.05. The zero-order valence-corrected chi connectivity index (χ0v) is 10.7. The van der Waals surface area contributed by atoms with Gasteiger partial charge in [0, 0.05) is 6.20 Å². The van der Waals surface area contributed by atoms with E-state index in [-0.39, 0.29) is 18.8 Å². The highest BCUT2D eigenvalue weighted by Gasteiger charge is 2.33. The van der Waals surface area contributed by atoms with E-state index in [1.165, 1.54) is 30.5 Å². The van der Waals surface area contributed by atoms with Crippen LogP contribution in [-0.2, 0) is 10.9 Å². The number of alkyl halides is 3. The number of esters is 1. The molecule has 0 radical (unpaired) electrons. The van der Waals surface area contributed by atoms with Crippen molar-refractivity contribution in [2.75, 3.05) is 13.2 Å². The van der Waals surface area contributed by atoms with E-state index in [0.29, 0.717) is 5.69 Å². The molecule has 0 bridgehead atoms. The fourth-order valence-electron chi connectivity index (χ4n) is 1.59. The van der Waals surface area contributed by atoms with Gasteiger partial charge in [-0.2, -0.15) is 18.3 Å². The second-order valence-electron chi connectivity index (χ2n) is 4.05. The van der Waals surface area contributed by atoms with Crippen molar-refractivity contribution in [1.82, 2.24) is 9.78 Å². The van der Waals surface area contributed by atoms with E-state index in [2.05, 4.69) is 5.10 Å². The highest BCUT2D eigenvalue weighted by molar-refractivity contribution is 5.89. The quantitative estimate of drug-likeness (QED) is 0.878. The first kappa shape index (κ1) is 15.0. The molecule has 1 N–H and O–H groups in total. The van der Waals surface area contributed by atoms with Gasteiger partial charge in [0.05, 0.1) is 17.9 Å². The average molecular weight is 300 g/mol. The van der Waals surface area contributed by atoms with Crippen molar-refractivity contribution in [2.24, 2.45) is 0 Å². The Bertz CT molecular complexity index is 620. The van der Waals surface area contributed by atoms with E-state index < -0.39 is 17.8 Å². The predicted molar refractivity (Wildman–Crippen MR) is 65.9 cm³/mol. The molecule has 0 aliphatic carbocycles. The second kappa shape index (κ2) is 5.96. The Morgan fingerprint density at radius 2 is 1.90 bits per heavy atom. The third kappa shape index (κ3) is 3.60. The minimum Gasteiger partial charge on any atom is -0.460 e. The van der Waals surface area contributed by atoms with E-state index >= 15 is 0 Å². The molecule has 5 nitrogen and oxygen atoms in total. The van der Waals surface area contributed by atoms with Crippen molar-refractivity contribution < 1.29 is 27.8 Å². The molecular weight excluding hydrogens is 289 g/mol. The van der Waals surface area contributed by atoms with E-state index in [1.54, 1.807) is 0 Å². The molecule has 1 heterocycles. The summed E-state index contributed by atoms with van der Waals surface area (Å²) < 4.78 is 43.1. The van der Waals surface area contributed by atoms with Crippen molar-refractivity contribution in [3.8, 4) is 5.69 Å². The maximum Gasteiger partial charge on any atom is 0.435 e. The van der Waals surface area contributed by atoms with Crippen molar-refractivity contribution in [3.63, 3.8) is 0 Å². The lowest BCUT2D eigenvalue weighted by molar-refractivity contribution is -0.141. The monoisotopic (exact) mass is 300 g/mol. The number of aliphatic hydroxyl groups excluding tert-OH is 1. The third-order valence-electron chi connectivity index (χ3n) is 2.57. The van der Waals surface area contributed by atoms with Crippen molar-refractivity contribution in [2.45, 2.75) is 6.18 Å². The van der Waals surface area contributed by atoms with Crippen LogP contribution in [0.2, 0.25) is 0 Å². The number of halogens is 3. The summed E-state index contributed by atoms with van der Waals surface area (Å²) in [5.41, 5.74) is -0.381. The van der Waals surface area contributed by atoms with Crippen LogP contribution in [0.25, 0.3) is 5.69 Å². The van der Waals surface area contributed by atoms with Gasteiger partial charge in [-0.3, -0.25) is 0 Å². The number of hydrogen-bond donors (Lipinski definition) is 1. The van der Waals surface area contributed by atoms with Crippen molar-refractivity contribution in [3.05, 3.63) is 47.8 Å². The van der Waals surface area contributed by atoms with Crippen LogP contribution in [0.4, 0.5) is 13.2 Å². The number of benzene rings is 1. The summed E-state index contributed by atoms with van der Waals surface area (Å²) in [6.07, 6.45) is -3.32. The lowest BCUT2D eigenvalue weighted by atomic mass is 10.2. The molecule has 0 fully saturated rings. The van der Waals surface area contributed by atoms with Crippen LogP contribution in [0.15, 0.2) is 36.5 Å². The molecule has 8 heteroatoms. The third-order valence-corrected chi connectivity index (χ3v) is 2.57. The molecule has 21 heavy (non-hydrogen) atoms. The maximum atomic E-state index is 12.4. The first-order chi connectivity index (χ1) is 9.91. The molecule has 0 atom stereocenters. The van der Waals surface area contributed by atoms with Gasteiger partial charge in [0.25, 0.3) is 0 Å². The molecule has 2 rings (SSSR count). The first-order valence-corrected chi connectivity index (χ1v) is 5.93. The van der Waals surface area contributed by atoms with Gasteiger partial charge >= 0.3 is 12.1 Å². The highest BCUT2D eigenvalue weighted by Crippen LogP contribution is 2.27. The number of ether oxygens (including phenoxy) is 1. The van der Waals surface area contributed by atoms with Crippen LogP contribution < -0.4 is 0 Å². The van der Waals surface area contributed by atoms with E-state index in [4.69, 9.17) is 9.84 Å².